The van der Waals surface area contributed by atoms with E-state index in [4.69, 9.17) is 9.84 Å². The quantitative estimate of drug-likeness (QED) is 0.304. The van der Waals surface area contributed by atoms with Gasteiger partial charge in [-0.15, -0.1) is 0 Å². The molecule has 0 aliphatic rings. The molecule has 5 rings (SSSR count). The van der Waals surface area contributed by atoms with Crippen LogP contribution < -0.4 is 10.1 Å². The van der Waals surface area contributed by atoms with Gasteiger partial charge in [-0.25, -0.2) is 9.67 Å². The summed E-state index contributed by atoms with van der Waals surface area (Å²) in [6.45, 7) is 0. The molecule has 0 bridgehead atoms. The fourth-order valence-corrected chi connectivity index (χ4v) is 4.24. The number of hydrogen-bond acceptors (Lipinski definition) is 4. The molecule has 2 heterocycles. The number of benzene rings is 3. The van der Waals surface area contributed by atoms with Gasteiger partial charge in [0, 0.05) is 48.4 Å². The first-order valence-corrected chi connectivity index (χ1v) is 11.9. The molecule has 1 unspecified atom stereocenters. The molecule has 1 amide bonds. The van der Waals surface area contributed by atoms with Gasteiger partial charge in [-0.3, -0.25) is 4.79 Å². The van der Waals surface area contributed by atoms with Crippen LogP contribution in [0.1, 0.15) is 23.0 Å². The first-order chi connectivity index (χ1) is 18.1. The van der Waals surface area contributed by atoms with E-state index in [0.29, 0.717) is 11.6 Å². The maximum Gasteiger partial charge on any atom is 0.244 e. The van der Waals surface area contributed by atoms with Gasteiger partial charge < -0.3 is 14.6 Å². The predicted molar refractivity (Wildman–Crippen MR) is 144 cm³/mol. The van der Waals surface area contributed by atoms with Crippen LogP contribution in [0.4, 0.5) is 0 Å². The molecule has 7 nitrogen and oxygen atoms in total. The average molecular weight is 490 g/mol. The second kappa shape index (κ2) is 10.8. The Morgan fingerprint density at radius 1 is 0.973 bits per heavy atom. The van der Waals surface area contributed by atoms with E-state index in [1.165, 1.54) is 6.08 Å². The number of hydrogen-bond donors (Lipinski definition) is 1. The van der Waals surface area contributed by atoms with Gasteiger partial charge in [0.25, 0.3) is 0 Å². The minimum atomic E-state index is -0.492. The number of ether oxygens (including phenoxy) is 1. The van der Waals surface area contributed by atoms with E-state index in [-0.39, 0.29) is 5.91 Å². The normalized spacial score (nSPS) is 11.9. The highest BCUT2D eigenvalue weighted by atomic mass is 16.5. The van der Waals surface area contributed by atoms with Crippen LogP contribution in [0.25, 0.3) is 23.0 Å². The molecule has 1 N–H and O–H groups in total. The summed E-state index contributed by atoms with van der Waals surface area (Å²) in [5.74, 6) is 1.12. The molecule has 0 fully saturated rings. The standard InChI is InChI=1S/C30H27N5O2/c1-34-20-19-31-30(34)29(25-15-9-10-16-26(25)37-2)32-27(36)18-17-23-21-35(24-13-7-4-8-14-24)33-28(23)22-11-5-3-6-12-22/h3-21,29H,1-2H3,(H,32,36)/b18-17+. The Morgan fingerprint density at radius 2 is 1.68 bits per heavy atom. The first kappa shape index (κ1) is 23.8. The topological polar surface area (TPSA) is 74.0 Å². The lowest BCUT2D eigenvalue weighted by atomic mass is 10.0. The summed E-state index contributed by atoms with van der Waals surface area (Å²) in [5.41, 5.74) is 4.35. The van der Waals surface area contributed by atoms with Gasteiger partial charge in [-0.2, -0.15) is 5.10 Å². The number of imidazole rings is 1. The molecule has 3 aromatic carbocycles. The fraction of sp³-hybridized carbons (Fsp3) is 0.100. The molecule has 0 radical (unpaired) electrons. The molecular formula is C30H27N5O2. The van der Waals surface area contributed by atoms with Crippen molar-refractivity contribution in [3.63, 3.8) is 0 Å². The molecule has 37 heavy (non-hydrogen) atoms. The van der Waals surface area contributed by atoms with Crippen LogP contribution >= 0.6 is 0 Å². The molecule has 0 aliphatic heterocycles. The fourth-order valence-electron chi connectivity index (χ4n) is 4.24. The van der Waals surface area contributed by atoms with Crippen molar-refractivity contribution in [2.75, 3.05) is 7.11 Å². The molecule has 0 saturated heterocycles. The highest BCUT2D eigenvalue weighted by Gasteiger charge is 2.23. The Bertz CT molecular complexity index is 1520. The highest BCUT2D eigenvalue weighted by molar-refractivity contribution is 5.93. The van der Waals surface area contributed by atoms with Crippen molar-refractivity contribution in [1.82, 2.24) is 24.6 Å². The van der Waals surface area contributed by atoms with Crippen molar-refractivity contribution >= 4 is 12.0 Å². The Labute approximate surface area is 215 Å². The second-order valence-electron chi connectivity index (χ2n) is 8.49. The maximum absolute atomic E-state index is 13.2. The molecule has 7 heteroatoms. The van der Waals surface area contributed by atoms with Crippen LogP contribution in [0.3, 0.4) is 0 Å². The number of rotatable bonds is 8. The molecule has 5 aromatic rings. The van der Waals surface area contributed by atoms with Gasteiger partial charge >= 0.3 is 0 Å². The molecule has 184 valence electrons. The van der Waals surface area contributed by atoms with Crippen molar-refractivity contribution in [3.05, 3.63) is 127 Å². The van der Waals surface area contributed by atoms with Gasteiger partial charge in [-0.05, 0) is 24.3 Å². The summed E-state index contributed by atoms with van der Waals surface area (Å²) in [4.78, 5) is 17.7. The zero-order valence-corrected chi connectivity index (χ0v) is 20.7. The Balaban J connectivity index is 1.47. The van der Waals surface area contributed by atoms with E-state index in [1.54, 1.807) is 19.4 Å². The van der Waals surface area contributed by atoms with Crippen molar-refractivity contribution in [2.45, 2.75) is 6.04 Å². The van der Waals surface area contributed by atoms with Crippen LogP contribution in [-0.4, -0.2) is 32.3 Å². The summed E-state index contributed by atoms with van der Waals surface area (Å²) in [6, 6.07) is 27.0. The summed E-state index contributed by atoms with van der Waals surface area (Å²) in [6.07, 6.45) is 8.82. The van der Waals surface area contributed by atoms with Gasteiger partial charge in [-0.1, -0.05) is 66.7 Å². The number of aryl methyl sites for hydroxylation is 1. The van der Waals surface area contributed by atoms with Crippen LogP contribution in [0.2, 0.25) is 0 Å². The zero-order valence-electron chi connectivity index (χ0n) is 20.7. The largest absolute Gasteiger partial charge is 0.496 e. The molecular weight excluding hydrogens is 462 g/mol. The van der Waals surface area contributed by atoms with Crippen LogP contribution in [0.15, 0.2) is 110 Å². The second-order valence-corrected chi connectivity index (χ2v) is 8.49. The van der Waals surface area contributed by atoms with E-state index in [0.717, 1.165) is 28.1 Å². The number of methoxy groups -OCH3 is 1. The lowest BCUT2D eigenvalue weighted by Crippen LogP contribution is -2.30. The van der Waals surface area contributed by atoms with Crippen molar-refractivity contribution < 1.29 is 9.53 Å². The molecule has 2 aromatic heterocycles. The zero-order chi connectivity index (χ0) is 25.6. The third-order valence-electron chi connectivity index (χ3n) is 6.08. The van der Waals surface area contributed by atoms with Gasteiger partial charge in [0.05, 0.1) is 18.5 Å². The molecule has 0 saturated carbocycles. The number of aromatic nitrogens is 4. The van der Waals surface area contributed by atoms with Crippen LogP contribution in [0.5, 0.6) is 5.75 Å². The Hall–Kier alpha value is -4.91. The minimum Gasteiger partial charge on any atom is -0.496 e. The summed E-state index contributed by atoms with van der Waals surface area (Å²) in [5, 5.41) is 7.92. The van der Waals surface area contributed by atoms with E-state index in [2.05, 4.69) is 10.3 Å². The lowest BCUT2D eigenvalue weighted by Gasteiger charge is -2.20. The van der Waals surface area contributed by atoms with Gasteiger partial charge in [0.15, 0.2) is 0 Å². The smallest absolute Gasteiger partial charge is 0.244 e. The van der Waals surface area contributed by atoms with Crippen molar-refractivity contribution in [1.29, 1.82) is 0 Å². The van der Waals surface area contributed by atoms with Crippen LogP contribution in [0, 0.1) is 0 Å². The van der Waals surface area contributed by atoms with E-state index in [1.807, 2.05) is 114 Å². The highest BCUT2D eigenvalue weighted by Crippen LogP contribution is 2.29. The summed E-state index contributed by atoms with van der Waals surface area (Å²) in [7, 11) is 3.52. The van der Waals surface area contributed by atoms with Crippen LogP contribution in [-0.2, 0) is 11.8 Å². The number of amides is 1. The maximum atomic E-state index is 13.2. The number of nitrogens with zero attached hydrogens (tertiary/aromatic N) is 4. The third-order valence-corrected chi connectivity index (χ3v) is 6.08. The molecule has 0 aliphatic carbocycles. The number of carbonyl (C=O) groups excluding carboxylic acids is 1. The predicted octanol–water partition coefficient (Wildman–Crippen LogP) is 5.20. The number of nitrogens with one attached hydrogen (secondary N) is 1. The summed E-state index contributed by atoms with van der Waals surface area (Å²) >= 11 is 0. The molecule has 1 atom stereocenters. The molecule has 0 spiro atoms. The number of carbonyl (C=O) groups is 1. The van der Waals surface area contributed by atoms with Crippen molar-refractivity contribution in [2.24, 2.45) is 7.05 Å². The Morgan fingerprint density at radius 3 is 2.38 bits per heavy atom. The minimum absolute atomic E-state index is 0.259. The van der Waals surface area contributed by atoms with E-state index < -0.39 is 6.04 Å². The Kier molecular flexibility index (Phi) is 6.94. The lowest BCUT2D eigenvalue weighted by molar-refractivity contribution is -0.117. The van der Waals surface area contributed by atoms with E-state index >= 15 is 0 Å². The van der Waals surface area contributed by atoms with Gasteiger partial charge in [0.1, 0.15) is 17.6 Å². The first-order valence-electron chi connectivity index (χ1n) is 11.9. The number of para-hydroxylation sites is 2. The monoisotopic (exact) mass is 489 g/mol. The van der Waals surface area contributed by atoms with E-state index in [9.17, 15) is 4.79 Å². The third kappa shape index (κ3) is 5.21. The average Bonchev–Trinajstić information content (AvgIpc) is 3.58. The van der Waals surface area contributed by atoms with Gasteiger partial charge in [0.2, 0.25) is 5.91 Å². The van der Waals surface area contributed by atoms with Crippen molar-refractivity contribution in [3.8, 4) is 22.7 Å². The summed E-state index contributed by atoms with van der Waals surface area (Å²) < 4.78 is 9.28. The SMILES string of the molecule is COc1ccccc1C(NC(=O)/C=C/c1cn(-c2ccccc2)nc1-c1ccccc1)c1nccn1C.